The van der Waals surface area contributed by atoms with E-state index in [4.69, 9.17) is 4.74 Å². The molecule has 0 aliphatic heterocycles. The molecular weight excluding hydrogens is 280 g/mol. The fourth-order valence-electron chi connectivity index (χ4n) is 1.90. The van der Waals surface area contributed by atoms with E-state index in [0.717, 1.165) is 5.56 Å². The highest BCUT2D eigenvalue weighted by atomic mass is 16.5. The van der Waals surface area contributed by atoms with Gasteiger partial charge in [0.1, 0.15) is 17.3 Å². The number of carbonyl (C=O) groups excluding carboxylic acids is 1. The molecule has 0 saturated carbocycles. The van der Waals surface area contributed by atoms with Crippen molar-refractivity contribution < 1.29 is 9.53 Å². The zero-order chi connectivity index (χ0) is 15.4. The summed E-state index contributed by atoms with van der Waals surface area (Å²) in [6.45, 7) is 1.92. The summed E-state index contributed by atoms with van der Waals surface area (Å²) in [5, 5.41) is 9.20. The van der Waals surface area contributed by atoms with E-state index in [1.54, 1.807) is 48.9 Å². The summed E-state index contributed by atoms with van der Waals surface area (Å²) in [6.07, 6.45) is 4.88. The Morgan fingerprint density at radius 3 is 2.68 bits per heavy atom. The molecule has 0 unspecified atom stereocenters. The number of amides is 1. The standard InChI is InChI=1S/C16H14N4O2/c1-11-2-3-12(16(21)19-15-6-9-18-20-15)10-14(11)22-13-4-7-17-8-5-13/h2-10H,1H3,(H2,18,19,20,21). The van der Waals surface area contributed by atoms with E-state index < -0.39 is 0 Å². The van der Waals surface area contributed by atoms with Gasteiger partial charge in [-0.1, -0.05) is 6.07 Å². The van der Waals surface area contributed by atoms with Crippen LogP contribution in [0.1, 0.15) is 15.9 Å². The molecule has 2 aromatic heterocycles. The lowest BCUT2D eigenvalue weighted by atomic mass is 10.1. The number of ether oxygens (including phenoxy) is 1. The van der Waals surface area contributed by atoms with Gasteiger partial charge < -0.3 is 10.1 Å². The van der Waals surface area contributed by atoms with Gasteiger partial charge in [0.15, 0.2) is 0 Å². The Bertz CT molecular complexity index is 770. The van der Waals surface area contributed by atoms with Crippen LogP contribution >= 0.6 is 0 Å². The molecule has 6 heteroatoms. The van der Waals surface area contributed by atoms with Gasteiger partial charge in [0, 0.05) is 24.0 Å². The maximum atomic E-state index is 12.2. The number of nitrogens with one attached hydrogen (secondary N) is 2. The number of anilines is 1. The van der Waals surface area contributed by atoms with Gasteiger partial charge in [-0.15, -0.1) is 0 Å². The van der Waals surface area contributed by atoms with Crippen LogP contribution in [0.2, 0.25) is 0 Å². The molecule has 0 aliphatic carbocycles. The molecule has 6 nitrogen and oxygen atoms in total. The largest absolute Gasteiger partial charge is 0.457 e. The fourth-order valence-corrected chi connectivity index (χ4v) is 1.90. The molecule has 110 valence electrons. The average molecular weight is 294 g/mol. The highest BCUT2D eigenvalue weighted by molar-refractivity contribution is 6.04. The van der Waals surface area contributed by atoms with Crippen LogP contribution in [0.3, 0.4) is 0 Å². The summed E-state index contributed by atoms with van der Waals surface area (Å²) in [7, 11) is 0. The molecule has 0 spiro atoms. The minimum absolute atomic E-state index is 0.233. The number of carbonyl (C=O) groups is 1. The number of benzene rings is 1. The molecule has 0 radical (unpaired) electrons. The van der Waals surface area contributed by atoms with Crippen LogP contribution in [0.15, 0.2) is 55.0 Å². The predicted octanol–water partition coefficient (Wildman–Crippen LogP) is 3.16. The Kier molecular flexibility index (Phi) is 3.82. The third-order valence-corrected chi connectivity index (χ3v) is 3.08. The number of pyridine rings is 1. The van der Waals surface area contributed by atoms with E-state index >= 15 is 0 Å². The number of rotatable bonds is 4. The van der Waals surface area contributed by atoms with Crippen molar-refractivity contribution in [1.29, 1.82) is 0 Å². The molecule has 0 bridgehead atoms. The first-order valence-electron chi connectivity index (χ1n) is 6.71. The summed E-state index contributed by atoms with van der Waals surface area (Å²) in [5.41, 5.74) is 1.44. The van der Waals surface area contributed by atoms with E-state index in [1.807, 2.05) is 13.0 Å². The average Bonchev–Trinajstić information content (AvgIpc) is 3.03. The molecule has 2 N–H and O–H groups in total. The number of nitrogens with zero attached hydrogens (tertiary/aromatic N) is 2. The first-order chi connectivity index (χ1) is 10.7. The van der Waals surface area contributed by atoms with Crippen LogP contribution in [0.4, 0.5) is 5.82 Å². The molecule has 0 saturated heterocycles. The van der Waals surface area contributed by atoms with Crippen LogP contribution < -0.4 is 10.1 Å². The number of hydrogen-bond acceptors (Lipinski definition) is 4. The lowest BCUT2D eigenvalue weighted by molar-refractivity contribution is 0.102. The predicted molar refractivity (Wildman–Crippen MR) is 82.0 cm³/mol. The smallest absolute Gasteiger partial charge is 0.256 e. The van der Waals surface area contributed by atoms with E-state index in [0.29, 0.717) is 22.9 Å². The van der Waals surface area contributed by atoms with Gasteiger partial charge in [0.05, 0.1) is 6.20 Å². The van der Waals surface area contributed by atoms with E-state index in [-0.39, 0.29) is 5.91 Å². The lowest BCUT2D eigenvalue weighted by Crippen LogP contribution is -2.12. The van der Waals surface area contributed by atoms with E-state index in [2.05, 4.69) is 20.5 Å². The summed E-state index contributed by atoms with van der Waals surface area (Å²) >= 11 is 0. The van der Waals surface area contributed by atoms with Gasteiger partial charge >= 0.3 is 0 Å². The first-order valence-corrected chi connectivity index (χ1v) is 6.71. The van der Waals surface area contributed by atoms with Gasteiger partial charge in [-0.25, -0.2) is 0 Å². The Morgan fingerprint density at radius 1 is 1.14 bits per heavy atom. The van der Waals surface area contributed by atoms with E-state index in [1.165, 1.54) is 0 Å². The second kappa shape index (κ2) is 6.09. The summed E-state index contributed by atoms with van der Waals surface area (Å²) < 4.78 is 5.80. The Hall–Kier alpha value is -3.15. The van der Waals surface area contributed by atoms with Crippen LogP contribution in [0, 0.1) is 6.92 Å². The number of H-pyrrole nitrogens is 1. The van der Waals surface area contributed by atoms with E-state index in [9.17, 15) is 4.79 Å². The lowest BCUT2D eigenvalue weighted by Gasteiger charge is -2.10. The SMILES string of the molecule is Cc1ccc(C(=O)Nc2ccn[nH]2)cc1Oc1ccncc1. The third kappa shape index (κ3) is 3.12. The highest BCUT2D eigenvalue weighted by Crippen LogP contribution is 2.26. The van der Waals surface area contributed by atoms with Crippen molar-refractivity contribution in [2.24, 2.45) is 0 Å². The molecule has 0 atom stereocenters. The topological polar surface area (TPSA) is 79.9 Å². The van der Waals surface area contributed by atoms with Crippen molar-refractivity contribution in [3.8, 4) is 11.5 Å². The molecule has 3 rings (SSSR count). The summed E-state index contributed by atoms with van der Waals surface area (Å²) in [4.78, 5) is 16.1. The number of aromatic amines is 1. The highest BCUT2D eigenvalue weighted by Gasteiger charge is 2.10. The molecule has 3 aromatic rings. The van der Waals surface area contributed by atoms with Crippen LogP contribution in [-0.4, -0.2) is 21.1 Å². The molecule has 22 heavy (non-hydrogen) atoms. The van der Waals surface area contributed by atoms with Crippen molar-refractivity contribution in [2.45, 2.75) is 6.92 Å². The zero-order valence-electron chi connectivity index (χ0n) is 11.9. The maximum Gasteiger partial charge on any atom is 0.256 e. The van der Waals surface area contributed by atoms with Crippen LogP contribution in [0.5, 0.6) is 11.5 Å². The second-order valence-electron chi connectivity index (χ2n) is 4.69. The molecule has 1 aromatic carbocycles. The van der Waals surface area contributed by atoms with Gasteiger partial charge in [-0.2, -0.15) is 5.10 Å². The minimum Gasteiger partial charge on any atom is -0.457 e. The van der Waals surface area contributed by atoms with Crippen molar-refractivity contribution in [3.05, 3.63) is 66.1 Å². The third-order valence-electron chi connectivity index (χ3n) is 3.08. The van der Waals surface area contributed by atoms with Crippen molar-refractivity contribution in [2.75, 3.05) is 5.32 Å². The first kappa shape index (κ1) is 13.8. The quantitative estimate of drug-likeness (QED) is 0.774. The van der Waals surface area contributed by atoms with Crippen molar-refractivity contribution in [3.63, 3.8) is 0 Å². The van der Waals surface area contributed by atoms with Crippen LogP contribution in [0.25, 0.3) is 0 Å². The number of aromatic nitrogens is 3. The molecule has 2 heterocycles. The maximum absolute atomic E-state index is 12.2. The van der Waals surface area contributed by atoms with Gasteiger partial charge in [-0.3, -0.25) is 14.9 Å². The fraction of sp³-hybridized carbons (Fsp3) is 0.0625. The minimum atomic E-state index is -0.233. The Balaban J connectivity index is 1.81. The van der Waals surface area contributed by atoms with Crippen molar-refractivity contribution in [1.82, 2.24) is 15.2 Å². The second-order valence-corrected chi connectivity index (χ2v) is 4.69. The normalized spacial score (nSPS) is 10.2. The molecule has 0 aliphatic rings. The number of aryl methyl sites for hydroxylation is 1. The summed E-state index contributed by atoms with van der Waals surface area (Å²) in [6, 6.07) is 10.5. The summed E-state index contributed by atoms with van der Waals surface area (Å²) in [5.74, 6) is 1.61. The van der Waals surface area contributed by atoms with Crippen molar-refractivity contribution >= 4 is 11.7 Å². The Morgan fingerprint density at radius 2 is 1.95 bits per heavy atom. The van der Waals surface area contributed by atoms with Gasteiger partial charge in [-0.05, 0) is 36.8 Å². The Labute approximate surface area is 127 Å². The molecule has 1 amide bonds. The van der Waals surface area contributed by atoms with Gasteiger partial charge in [0.2, 0.25) is 0 Å². The molecule has 0 fully saturated rings. The number of hydrogen-bond donors (Lipinski definition) is 2. The van der Waals surface area contributed by atoms with Gasteiger partial charge in [0.25, 0.3) is 5.91 Å². The molecular formula is C16H14N4O2. The zero-order valence-corrected chi connectivity index (χ0v) is 11.9. The van der Waals surface area contributed by atoms with Crippen LogP contribution in [-0.2, 0) is 0 Å². The monoisotopic (exact) mass is 294 g/mol.